The zero-order chi connectivity index (χ0) is 13.2. The van der Waals surface area contributed by atoms with Crippen molar-refractivity contribution in [2.24, 2.45) is 0 Å². The van der Waals surface area contributed by atoms with E-state index in [0.29, 0.717) is 22.9 Å². The SMILES string of the molecule is Nc1ccc2nnc(COc3cccc(O)c3)n2c1. The Morgan fingerprint density at radius 1 is 1.21 bits per heavy atom. The van der Waals surface area contributed by atoms with Gasteiger partial charge in [0.15, 0.2) is 11.5 Å². The fourth-order valence-corrected chi connectivity index (χ4v) is 1.77. The molecule has 0 unspecified atom stereocenters. The smallest absolute Gasteiger partial charge is 0.175 e. The molecule has 6 heteroatoms. The average molecular weight is 256 g/mol. The minimum atomic E-state index is 0.160. The van der Waals surface area contributed by atoms with E-state index in [2.05, 4.69) is 10.2 Å². The lowest BCUT2D eigenvalue weighted by molar-refractivity contribution is 0.293. The quantitative estimate of drug-likeness (QED) is 0.743. The summed E-state index contributed by atoms with van der Waals surface area (Å²) in [6.45, 7) is 0.244. The maximum atomic E-state index is 9.35. The Bertz CT molecular complexity index is 723. The van der Waals surface area contributed by atoms with Crippen LogP contribution in [0.5, 0.6) is 11.5 Å². The first-order chi connectivity index (χ1) is 9.22. The van der Waals surface area contributed by atoms with Crippen LogP contribution in [-0.4, -0.2) is 19.7 Å². The highest BCUT2D eigenvalue weighted by Crippen LogP contribution is 2.19. The molecule has 0 aliphatic rings. The molecule has 2 aromatic heterocycles. The van der Waals surface area contributed by atoms with E-state index in [9.17, 15) is 5.11 Å². The van der Waals surface area contributed by atoms with Crippen molar-refractivity contribution in [3.05, 3.63) is 48.4 Å². The first-order valence-electron chi connectivity index (χ1n) is 5.73. The van der Waals surface area contributed by atoms with Gasteiger partial charge in [0, 0.05) is 18.0 Å². The summed E-state index contributed by atoms with van der Waals surface area (Å²) in [4.78, 5) is 0. The fraction of sp³-hybridized carbons (Fsp3) is 0.0769. The van der Waals surface area contributed by atoms with E-state index in [1.165, 1.54) is 6.07 Å². The number of nitrogen functional groups attached to an aromatic ring is 1. The van der Waals surface area contributed by atoms with Crippen LogP contribution in [0, 0.1) is 0 Å². The number of phenolic OH excluding ortho intramolecular Hbond substituents is 1. The molecule has 0 fully saturated rings. The number of hydrogen-bond donors (Lipinski definition) is 2. The van der Waals surface area contributed by atoms with Crippen LogP contribution in [0.15, 0.2) is 42.6 Å². The maximum Gasteiger partial charge on any atom is 0.175 e. The Balaban J connectivity index is 1.84. The van der Waals surface area contributed by atoms with E-state index >= 15 is 0 Å². The molecule has 0 atom stereocenters. The standard InChI is InChI=1S/C13H12N4O2/c14-9-4-5-12-15-16-13(17(12)7-9)8-19-11-3-1-2-10(18)6-11/h1-7,18H,8,14H2. The summed E-state index contributed by atoms with van der Waals surface area (Å²) in [5, 5.41) is 17.4. The molecule has 0 amide bonds. The number of nitrogens with zero attached hydrogens (tertiary/aromatic N) is 3. The van der Waals surface area contributed by atoms with Gasteiger partial charge in [-0.25, -0.2) is 0 Å². The minimum absolute atomic E-state index is 0.160. The third kappa shape index (κ3) is 2.28. The predicted molar refractivity (Wildman–Crippen MR) is 69.8 cm³/mol. The monoisotopic (exact) mass is 256 g/mol. The molecule has 3 aromatic rings. The van der Waals surface area contributed by atoms with Crippen LogP contribution >= 0.6 is 0 Å². The highest BCUT2D eigenvalue weighted by molar-refractivity contribution is 5.47. The van der Waals surface area contributed by atoms with Crippen LogP contribution in [0.25, 0.3) is 5.65 Å². The summed E-state index contributed by atoms with van der Waals surface area (Å²) in [6, 6.07) is 10.2. The summed E-state index contributed by atoms with van der Waals surface area (Å²) in [5.41, 5.74) is 7.07. The number of pyridine rings is 1. The molecule has 0 saturated carbocycles. The van der Waals surface area contributed by atoms with Crippen molar-refractivity contribution < 1.29 is 9.84 Å². The molecule has 6 nitrogen and oxygen atoms in total. The lowest BCUT2D eigenvalue weighted by Crippen LogP contribution is -2.02. The van der Waals surface area contributed by atoms with Gasteiger partial charge < -0.3 is 15.6 Å². The van der Waals surface area contributed by atoms with Gasteiger partial charge in [-0.05, 0) is 24.3 Å². The number of ether oxygens (including phenoxy) is 1. The second kappa shape index (κ2) is 4.49. The molecule has 3 rings (SSSR count). The third-order valence-corrected chi connectivity index (χ3v) is 2.68. The molecule has 0 spiro atoms. The molecule has 0 saturated heterocycles. The zero-order valence-electron chi connectivity index (χ0n) is 10.0. The van der Waals surface area contributed by atoms with Gasteiger partial charge in [0.1, 0.15) is 18.1 Å². The summed E-state index contributed by atoms with van der Waals surface area (Å²) >= 11 is 0. The average Bonchev–Trinajstić information content (AvgIpc) is 2.79. The molecule has 0 bridgehead atoms. The van der Waals surface area contributed by atoms with Gasteiger partial charge in [0.05, 0.1) is 0 Å². The Kier molecular flexibility index (Phi) is 2.68. The molecule has 0 aliphatic carbocycles. The number of rotatable bonds is 3. The van der Waals surface area contributed by atoms with E-state index in [1.807, 2.05) is 0 Å². The Labute approximate surface area is 109 Å². The topological polar surface area (TPSA) is 85.7 Å². The van der Waals surface area contributed by atoms with Crippen molar-refractivity contribution in [3.63, 3.8) is 0 Å². The summed E-state index contributed by atoms with van der Waals surface area (Å²) in [6.07, 6.45) is 1.75. The molecule has 0 radical (unpaired) electrons. The fourth-order valence-electron chi connectivity index (χ4n) is 1.77. The lowest BCUT2D eigenvalue weighted by Gasteiger charge is -2.05. The zero-order valence-corrected chi connectivity index (χ0v) is 10.0. The first kappa shape index (κ1) is 11.3. The first-order valence-corrected chi connectivity index (χ1v) is 5.73. The highest BCUT2D eigenvalue weighted by atomic mass is 16.5. The van der Waals surface area contributed by atoms with Crippen molar-refractivity contribution in [1.82, 2.24) is 14.6 Å². The van der Waals surface area contributed by atoms with Crippen LogP contribution in [0.4, 0.5) is 5.69 Å². The normalized spacial score (nSPS) is 10.7. The van der Waals surface area contributed by atoms with E-state index in [1.54, 1.807) is 40.9 Å². The van der Waals surface area contributed by atoms with Gasteiger partial charge >= 0.3 is 0 Å². The second-order valence-electron chi connectivity index (χ2n) is 4.09. The number of benzene rings is 1. The van der Waals surface area contributed by atoms with Crippen molar-refractivity contribution >= 4 is 11.3 Å². The number of aromatic nitrogens is 3. The third-order valence-electron chi connectivity index (χ3n) is 2.68. The molecule has 1 aromatic carbocycles. The summed E-state index contributed by atoms with van der Waals surface area (Å²) in [5.74, 6) is 1.37. The van der Waals surface area contributed by atoms with Crippen LogP contribution in [-0.2, 0) is 6.61 Å². The van der Waals surface area contributed by atoms with E-state index in [0.717, 1.165) is 0 Å². The van der Waals surface area contributed by atoms with E-state index in [4.69, 9.17) is 10.5 Å². The van der Waals surface area contributed by atoms with Gasteiger partial charge in [-0.3, -0.25) is 4.40 Å². The van der Waals surface area contributed by atoms with Gasteiger partial charge in [0.2, 0.25) is 0 Å². The minimum Gasteiger partial charge on any atom is -0.508 e. The van der Waals surface area contributed by atoms with Gasteiger partial charge in [-0.2, -0.15) is 0 Å². The summed E-state index contributed by atoms with van der Waals surface area (Å²) < 4.78 is 7.33. The van der Waals surface area contributed by atoms with E-state index < -0.39 is 0 Å². The molecule has 96 valence electrons. The van der Waals surface area contributed by atoms with Crippen LogP contribution < -0.4 is 10.5 Å². The largest absolute Gasteiger partial charge is 0.508 e. The van der Waals surface area contributed by atoms with Crippen molar-refractivity contribution in [1.29, 1.82) is 0 Å². The van der Waals surface area contributed by atoms with Crippen molar-refractivity contribution in [2.45, 2.75) is 6.61 Å². The Morgan fingerprint density at radius 3 is 2.95 bits per heavy atom. The number of hydrogen-bond acceptors (Lipinski definition) is 5. The lowest BCUT2D eigenvalue weighted by atomic mass is 10.3. The molecule has 3 N–H and O–H groups in total. The van der Waals surface area contributed by atoms with Crippen LogP contribution in [0.1, 0.15) is 5.82 Å². The van der Waals surface area contributed by atoms with Gasteiger partial charge in [-0.15, -0.1) is 10.2 Å². The van der Waals surface area contributed by atoms with Crippen molar-refractivity contribution in [2.75, 3.05) is 5.73 Å². The molecule has 19 heavy (non-hydrogen) atoms. The van der Waals surface area contributed by atoms with Gasteiger partial charge in [-0.1, -0.05) is 6.07 Å². The number of phenols is 1. The van der Waals surface area contributed by atoms with E-state index in [-0.39, 0.29) is 12.4 Å². The summed E-state index contributed by atoms with van der Waals surface area (Å²) in [7, 11) is 0. The number of aromatic hydroxyl groups is 1. The Morgan fingerprint density at radius 2 is 2.11 bits per heavy atom. The van der Waals surface area contributed by atoms with Crippen LogP contribution in [0.2, 0.25) is 0 Å². The predicted octanol–water partition coefficient (Wildman–Crippen LogP) is 1.60. The second-order valence-corrected chi connectivity index (χ2v) is 4.09. The molecular formula is C13H12N4O2. The van der Waals surface area contributed by atoms with Crippen LogP contribution in [0.3, 0.4) is 0 Å². The molecule has 2 heterocycles. The Hall–Kier alpha value is -2.76. The highest BCUT2D eigenvalue weighted by Gasteiger charge is 2.06. The maximum absolute atomic E-state index is 9.35. The number of fused-ring (bicyclic) bond motifs is 1. The number of anilines is 1. The molecular weight excluding hydrogens is 244 g/mol. The number of nitrogens with two attached hydrogens (primary N) is 1. The van der Waals surface area contributed by atoms with Crippen molar-refractivity contribution in [3.8, 4) is 11.5 Å². The van der Waals surface area contributed by atoms with Gasteiger partial charge in [0.25, 0.3) is 0 Å². The molecule has 0 aliphatic heterocycles.